The van der Waals surface area contributed by atoms with Gasteiger partial charge in [-0.15, -0.1) is 0 Å². The third-order valence-corrected chi connectivity index (χ3v) is 12.0. The molecule has 5 N–H and O–H groups in total. The summed E-state index contributed by atoms with van der Waals surface area (Å²) < 4.78 is 90.1. The van der Waals surface area contributed by atoms with Crippen molar-refractivity contribution in [2.24, 2.45) is 16.9 Å². The number of hydrogen-bond acceptors (Lipinski definition) is 5. The van der Waals surface area contributed by atoms with Crippen LogP contribution in [0.5, 0.6) is 5.75 Å². The summed E-state index contributed by atoms with van der Waals surface area (Å²) >= 11 is -2.04. The zero-order valence-corrected chi connectivity index (χ0v) is 40.6. The molecule has 3 heterocycles. The van der Waals surface area contributed by atoms with Crippen LogP contribution in [0.3, 0.4) is 0 Å². The summed E-state index contributed by atoms with van der Waals surface area (Å²) in [5.74, 6) is -5.44. The van der Waals surface area contributed by atoms with Crippen molar-refractivity contribution in [3.8, 4) is 5.75 Å². The average molecular weight is 904 g/mol. The first-order valence-electron chi connectivity index (χ1n) is 22.7. The Bertz CT molecular complexity index is 2050. The van der Waals surface area contributed by atoms with Gasteiger partial charge in [0.05, 0.1) is 11.0 Å². The Labute approximate surface area is 377 Å². The average Bonchev–Trinajstić information content (AvgIpc) is 3.50. The van der Waals surface area contributed by atoms with E-state index in [0.717, 1.165) is 48.5 Å². The second-order valence-corrected chi connectivity index (χ2v) is 18.0. The number of hydrogen-bond donors (Lipinski definition) is 3. The maximum Gasteiger partial charge on any atom is 0.252 e. The molecule has 0 saturated heterocycles. The number of nitrogens with two attached hydrogens (primary N) is 2. The normalized spacial score (nSPS) is 17.8. The minimum atomic E-state index is -2.04. The number of rotatable bonds is 16. The predicted molar refractivity (Wildman–Crippen MR) is 254 cm³/mol. The van der Waals surface area contributed by atoms with Gasteiger partial charge in [-0.3, -0.25) is 4.79 Å². The molecule has 0 aromatic heterocycles. The number of unbranched alkanes of at least 4 members (excludes halogenated alkanes) is 4. The first-order valence-corrected chi connectivity index (χ1v) is 24.0. The largest absolute Gasteiger partial charge is 0.460 e. The number of carbonyl (C=O) groups excluding carboxylic acids is 1. The van der Waals surface area contributed by atoms with Crippen molar-refractivity contribution >= 4 is 39.6 Å². The molecule has 0 radical (unpaired) electrons. The Morgan fingerprint density at radius 3 is 2.21 bits per heavy atom. The van der Waals surface area contributed by atoms with Crippen molar-refractivity contribution in [1.82, 2.24) is 0 Å². The topological polar surface area (TPSA) is 122 Å². The summed E-state index contributed by atoms with van der Waals surface area (Å²) in [4.78, 5) is 13.6. The molecule has 2 unspecified atom stereocenters. The molecule has 2 atom stereocenters. The van der Waals surface area contributed by atoms with Gasteiger partial charge >= 0.3 is 0 Å². The number of benzene rings is 2. The third-order valence-electron chi connectivity index (χ3n) is 11.4. The van der Waals surface area contributed by atoms with E-state index < -0.39 is 45.7 Å². The minimum Gasteiger partial charge on any atom is -0.460 e. The Kier molecular flexibility index (Phi) is 22.7. The molecule has 0 spiro atoms. The van der Waals surface area contributed by atoms with Crippen LogP contribution in [0.4, 0.5) is 28.9 Å². The van der Waals surface area contributed by atoms with Gasteiger partial charge < -0.3 is 25.7 Å². The van der Waals surface area contributed by atoms with Crippen molar-refractivity contribution < 1.29 is 40.4 Å². The minimum absolute atomic E-state index is 0.0114. The number of primary amides is 1. The van der Waals surface area contributed by atoms with Crippen molar-refractivity contribution in [2.75, 3.05) is 37.8 Å². The molecule has 13 heteroatoms. The molecule has 0 aliphatic carbocycles. The van der Waals surface area contributed by atoms with Gasteiger partial charge in [0, 0.05) is 60.5 Å². The Morgan fingerprint density at radius 2 is 1.62 bits per heavy atom. The Hall–Kier alpha value is -4.07. The van der Waals surface area contributed by atoms with E-state index in [9.17, 15) is 22.3 Å². The van der Waals surface area contributed by atoms with E-state index >= 15 is 8.78 Å². The van der Waals surface area contributed by atoms with Gasteiger partial charge in [0.25, 0.3) is 5.69 Å². The fraction of sp³-hybridized carbons (Fsp3) is 0.560. The smallest absolute Gasteiger partial charge is 0.252 e. The fourth-order valence-electron chi connectivity index (χ4n) is 8.08. The number of aryl methyl sites for hydroxylation is 1. The SMILES string of the molecule is CC.CCCC.CCc1c2c(cc3c1N(C)CCC3)/C(=C/C=C/C=C/C1=[N+](CCCCCC(N)=O)c3c(F)c(F)c(F)c(F)c3C1(C)CCCCS(=O)O)C=C(C(C)(C)C)O2.CN. The highest BCUT2D eigenvalue weighted by atomic mass is 32.2. The first-order chi connectivity index (χ1) is 29.9. The van der Waals surface area contributed by atoms with E-state index in [4.69, 9.17) is 10.5 Å². The number of allylic oxidation sites excluding steroid dienone is 8. The summed E-state index contributed by atoms with van der Waals surface area (Å²) in [6, 6.07) is 2.23. The molecular formula is C50H75F4N4O4S+. The number of ether oxygens (including phenoxy) is 1. The number of fused-ring (bicyclic) bond motifs is 3. The lowest BCUT2D eigenvalue weighted by molar-refractivity contribution is -0.441. The summed E-state index contributed by atoms with van der Waals surface area (Å²) in [6.07, 6.45) is 19.2. The molecule has 63 heavy (non-hydrogen) atoms. The highest BCUT2D eigenvalue weighted by Crippen LogP contribution is 2.49. The predicted octanol–water partition coefficient (Wildman–Crippen LogP) is 11.9. The molecule has 0 fully saturated rings. The van der Waals surface area contributed by atoms with Crippen LogP contribution in [0.25, 0.3) is 5.57 Å². The van der Waals surface area contributed by atoms with E-state index in [1.807, 2.05) is 32.1 Å². The summed E-state index contributed by atoms with van der Waals surface area (Å²) in [7, 11) is 3.63. The molecule has 3 aliphatic rings. The Balaban J connectivity index is 0.00000159. The first kappa shape index (κ1) is 55.1. The standard InChI is InChI=1S/C43H53F4N3O4S.C4H10.C2H6.CH5N/c1-7-29-39-28(18-16-22-49(39)6)25-30-27(26-32(42(2,3)4)54-41(29)30)17-10-8-11-19-31-43(5,21-13-15-24-55(52)53)34-35(44)36(45)37(46)38(47)40(34)50(31)23-14-9-12-20-33(48)51;1-3-4-2;2*1-2/h8,10-11,17,19,25-26H,7,9,12-16,18,20-24H2,1-6H3,(H2-,48,51,52,53);3-4H2,1-2H3;1-2H3;2H2,1H3/p+1. The number of halogens is 4. The van der Waals surface area contributed by atoms with Crippen LogP contribution in [-0.4, -0.2) is 57.9 Å². The second-order valence-electron chi connectivity index (χ2n) is 17.0. The highest BCUT2D eigenvalue weighted by Gasteiger charge is 2.53. The number of carbonyl (C=O) groups is 1. The number of amides is 1. The van der Waals surface area contributed by atoms with Crippen LogP contribution >= 0.6 is 0 Å². The number of nitrogens with zero attached hydrogens (tertiary/aromatic N) is 2. The molecule has 1 amide bonds. The van der Waals surface area contributed by atoms with Crippen molar-refractivity contribution in [1.29, 1.82) is 0 Å². The van der Waals surface area contributed by atoms with E-state index in [1.54, 1.807) is 19.1 Å². The van der Waals surface area contributed by atoms with Crippen LogP contribution in [0, 0.1) is 28.7 Å². The van der Waals surface area contributed by atoms with Gasteiger partial charge in [-0.1, -0.05) is 99.0 Å². The molecule has 0 saturated carbocycles. The molecule has 3 aliphatic heterocycles. The molecule has 2 aromatic rings. The lowest BCUT2D eigenvalue weighted by atomic mass is 9.75. The molecule has 2 aromatic carbocycles. The van der Waals surface area contributed by atoms with E-state index in [2.05, 4.69) is 71.4 Å². The van der Waals surface area contributed by atoms with Crippen LogP contribution in [0.1, 0.15) is 149 Å². The van der Waals surface area contributed by atoms with Gasteiger partial charge in [-0.25, -0.2) is 17.4 Å². The van der Waals surface area contributed by atoms with Crippen LogP contribution in [-0.2, 0) is 34.1 Å². The summed E-state index contributed by atoms with van der Waals surface area (Å²) in [5.41, 5.74) is 13.8. The monoisotopic (exact) mass is 904 g/mol. The van der Waals surface area contributed by atoms with Crippen molar-refractivity contribution in [3.63, 3.8) is 0 Å². The zero-order valence-electron chi connectivity index (χ0n) is 39.8. The maximum absolute atomic E-state index is 15.8. The van der Waals surface area contributed by atoms with Gasteiger partial charge in [-0.2, -0.15) is 8.97 Å². The highest BCUT2D eigenvalue weighted by molar-refractivity contribution is 7.79. The van der Waals surface area contributed by atoms with Crippen LogP contribution < -0.4 is 21.1 Å². The fourth-order valence-corrected chi connectivity index (χ4v) is 8.54. The lowest BCUT2D eigenvalue weighted by Crippen LogP contribution is -2.32. The van der Waals surface area contributed by atoms with Gasteiger partial charge in [0.15, 0.2) is 28.4 Å². The van der Waals surface area contributed by atoms with E-state index in [0.29, 0.717) is 37.8 Å². The zero-order chi connectivity index (χ0) is 47.7. The molecule has 5 rings (SSSR count). The van der Waals surface area contributed by atoms with Gasteiger partial charge in [-0.05, 0) is 82.2 Å². The molecule has 8 nitrogen and oxygen atoms in total. The van der Waals surface area contributed by atoms with Crippen molar-refractivity contribution in [3.05, 3.63) is 93.8 Å². The quantitative estimate of drug-likeness (QED) is 0.0293. The molecular weight excluding hydrogens is 829 g/mol. The van der Waals surface area contributed by atoms with Gasteiger partial charge in [0.1, 0.15) is 18.1 Å². The van der Waals surface area contributed by atoms with Gasteiger partial charge in [0.2, 0.25) is 17.5 Å². The maximum atomic E-state index is 15.8. The summed E-state index contributed by atoms with van der Waals surface area (Å²) in [6.45, 7) is 19.6. The van der Waals surface area contributed by atoms with E-state index in [1.165, 1.54) is 41.3 Å². The van der Waals surface area contributed by atoms with Crippen LogP contribution in [0.2, 0.25) is 0 Å². The number of anilines is 1. The summed E-state index contributed by atoms with van der Waals surface area (Å²) in [5, 5.41) is 0. The van der Waals surface area contributed by atoms with E-state index in [-0.39, 0.29) is 41.8 Å². The van der Waals surface area contributed by atoms with Crippen molar-refractivity contribution in [2.45, 2.75) is 145 Å². The lowest BCUT2D eigenvalue weighted by Gasteiger charge is -2.35. The molecule has 0 bridgehead atoms. The molecule has 352 valence electrons. The third kappa shape index (κ3) is 13.7. The second kappa shape index (κ2) is 26.0. The van der Waals surface area contributed by atoms with Crippen LogP contribution in [0.15, 0.2) is 48.3 Å². The Morgan fingerprint density at radius 1 is 0.968 bits per heavy atom.